The maximum absolute atomic E-state index is 8.78. The zero-order chi connectivity index (χ0) is 11.9. The van der Waals surface area contributed by atoms with Gasteiger partial charge in [0.15, 0.2) is 0 Å². The van der Waals surface area contributed by atoms with Gasteiger partial charge in [-0.3, -0.25) is 4.68 Å². The Bertz CT molecular complexity index is 496. The summed E-state index contributed by atoms with van der Waals surface area (Å²) in [5.41, 5.74) is 1.83. The SMILES string of the molecule is N#Cc1cccc(CNCCn2cccn2)c1. The largest absolute Gasteiger partial charge is 0.311 e. The molecule has 2 aromatic rings. The molecule has 86 valence electrons. The van der Waals surface area contributed by atoms with Gasteiger partial charge >= 0.3 is 0 Å². The van der Waals surface area contributed by atoms with Crippen molar-refractivity contribution in [2.75, 3.05) is 6.54 Å². The molecule has 0 unspecified atom stereocenters. The van der Waals surface area contributed by atoms with Crippen LogP contribution in [0.1, 0.15) is 11.1 Å². The summed E-state index contributed by atoms with van der Waals surface area (Å²) < 4.78 is 1.89. The summed E-state index contributed by atoms with van der Waals surface area (Å²) in [6, 6.07) is 11.7. The molecule has 0 saturated heterocycles. The van der Waals surface area contributed by atoms with Gasteiger partial charge in [0.2, 0.25) is 0 Å². The third kappa shape index (κ3) is 3.44. The van der Waals surface area contributed by atoms with Crippen molar-refractivity contribution in [2.45, 2.75) is 13.1 Å². The zero-order valence-corrected chi connectivity index (χ0v) is 9.50. The monoisotopic (exact) mass is 226 g/mol. The van der Waals surface area contributed by atoms with E-state index in [0.717, 1.165) is 25.2 Å². The molecule has 4 heteroatoms. The first kappa shape index (κ1) is 11.4. The van der Waals surface area contributed by atoms with Crippen LogP contribution in [0, 0.1) is 11.3 Å². The molecule has 1 aromatic carbocycles. The van der Waals surface area contributed by atoms with Crippen molar-refractivity contribution in [2.24, 2.45) is 0 Å². The lowest BCUT2D eigenvalue weighted by Crippen LogP contribution is -2.19. The number of nitriles is 1. The summed E-state index contributed by atoms with van der Waals surface area (Å²) in [7, 11) is 0. The van der Waals surface area contributed by atoms with E-state index in [1.807, 2.05) is 41.2 Å². The molecule has 0 aliphatic carbocycles. The number of rotatable bonds is 5. The molecule has 0 aliphatic rings. The molecule has 0 amide bonds. The van der Waals surface area contributed by atoms with Gasteiger partial charge in [-0.2, -0.15) is 10.4 Å². The second kappa shape index (κ2) is 5.83. The van der Waals surface area contributed by atoms with E-state index >= 15 is 0 Å². The van der Waals surface area contributed by atoms with Gasteiger partial charge in [-0.25, -0.2) is 0 Å². The smallest absolute Gasteiger partial charge is 0.0991 e. The van der Waals surface area contributed by atoms with Crippen molar-refractivity contribution < 1.29 is 0 Å². The fourth-order valence-corrected chi connectivity index (χ4v) is 1.61. The maximum Gasteiger partial charge on any atom is 0.0991 e. The first-order valence-corrected chi connectivity index (χ1v) is 5.55. The van der Waals surface area contributed by atoms with Gasteiger partial charge in [0.25, 0.3) is 0 Å². The van der Waals surface area contributed by atoms with Crippen LogP contribution in [0.3, 0.4) is 0 Å². The average Bonchev–Trinajstić information content (AvgIpc) is 2.88. The average molecular weight is 226 g/mol. The fraction of sp³-hybridized carbons (Fsp3) is 0.231. The number of hydrogen-bond donors (Lipinski definition) is 1. The normalized spacial score (nSPS) is 10.1. The molecule has 1 heterocycles. The highest BCUT2D eigenvalue weighted by Crippen LogP contribution is 2.03. The van der Waals surface area contributed by atoms with Crippen LogP contribution < -0.4 is 5.32 Å². The van der Waals surface area contributed by atoms with Crippen LogP contribution in [-0.4, -0.2) is 16.3 Å². The van der Waals surface area contributed by atoms with Gasteiger partial charge in [0.1, 0.15) is 0 Å². The van der Waals surface area contributed by atoms with Crippen LogP contribution in [0.2, 0.25) is 0 Å². The lowest BCUT2D eigenvalue weighted by molar-refractivity contribution is 0.555. The maximum atomic E-state index is 8.78. The Labute approximate surface area is 100 Å². The Morgan fingerprint density at radius 3 is 3.06 bits per heavy atom. The summed E-state index contributed by atoms with van der Waals surface area (Å²) in [5, 5.41) is 16.2. The Kier molecular flexibility index (Phi) is 3.90. The Hall–Kier alpha value is -2.12. The summed E-state index contributed by atoms with van der Waals surface area (Å²) in [4.78, 5) is 0. The molecule has 0 spiro atoms. The van der Waals surface area contributed by atoms with Crippen LogP contribution in [0.25, 0.3) is 0 Å². The molecule has 1 N–H and O–H groups in total. The Morgan fingerprint density at radius 1 is 1.35 bits per heavy atom. The standard InChI is InChI=1S/C13H14N4/c14-10-12-3-1-4-13(9-12)11-15-6-8-17-7-2-5-16-17/h1-5,7,9,15H,6,8,11H2. The number of hydrogen-bond acceptors (Lipinski definition) is 3. The highest BCUT2D eigenvalue weighted by molar-refractivity contribution is 5.32. The molecule has 0 atom stereocenters. The van der Waals surface area contributed by atoms with Gasteiger partial charge in [-0.15, -0.1) is 0 Å². The van der Waals surface area contributed by atoms with Crippen molar-refractivity contribution in [1.29, 1.82) is 5.26 Å². The first-order chi connectivity index (χ1) is 8.38. The molecule has 0 fully saturated rings. The number of benzene rings is 1. The van der Waals surface area contributed by atoms with E-state index in [4.69, 9.17) is 5.26 Å². The molecule has 0 saturated carbocycles. The molecule has 0 bridgehead atoms. The van der Waals surface area contributed by atoms with Gasteiger partial charge in [0, 0.05) is 25.5 Å². The van der Waals surface area contributed by atoms with Gasteiger partial charge in [-0.05, 0) is 23.8 Å². The molecule has 4 nitrogen and oxygen atoms in total. The Balaban J connectivity index is 1.76. The van der Waals surface area contributed by atoms with Crippen molar-refractivity contribution in [3.63, 3.8) is 0 Å². The molecule has 0 aliphatic heterocycles. The van der Waals surface area contributed by atoms with E-state index in [2.05, 4.69) is 16.5 Å². The molecule has 17 heavy (non-hydrogen) atoms. The van der Waals surface area contributed by atoms with Crippen LogP contribution in [0.15, 0.2) is 42.7 Å². The Morgan fingerprint density at radius 2 is 2.29 bits per heavy atom. The van der Waals surface area contributed by atoms with E-state index in [9.17, 15) is 0 Å². The van der Waals surface area contributed by atoms with E-state index in [-0.39, 0.29) is 0 Å². The second-order valence-electron chi connectivity index (χ2n) is 3.76. The lowest BCUT2D eigenvalue weighted by atomic mass is 10.1. The minimum atomic E-state index is 0.705. The third-order valence-electron chi connectivity index (χ3n) is 2.46. The zero-order valence-electron chi connectivity index (χ0n) is 9.50. The minimum absolute atomic E-state index is 0.705. The van der Waals surface area contributed by atoms with E-state index in [1.165, 1.54) is 0 Å². The topological polar surface area (TPSA) is 53.6 Å². The number of aromatic nitrogens is 2. The summed E-state index contributed by atoms with van der Waals surface area (Å²) in [6.07, 6.45) is 3.72. The van der Waals surface area contributed by atoms with E-state index in [1.54, 1.807) is 6.20 Å². The molecule has 2 rings (SSSR count). The second-order valence-corrected chi connectivity index (χ2v) is 3.76. The molecular formula is C13H14N4. The van der Waals surface area contributed by atoms with Crippen LogP contribution in [0.5, 0.6) is 0 Å². The predicted octanol–water partition coefficient (Wildman–Crippen LogP) is 1.54. The van der Waals surface area contributed by atoms with Crippen LogP contribution in [-0.2, 0) is 13.1 Å². The van der Waals surface area contributed by atoms with Crippen LogP contribution in [0.4, 0.5) is 0 Å². The van der Waals surface area contributed by atoms with E-state index in [0.29, 0.717) is 5.56 Å². The fourth-order valence-electron chi connectivity index (χ4n) is 1.61. The van der Waals surface area contributed by atoms with Crippen molar-refractivity contribution in [1.82, 2.24) is 15.1 Å². The first-order valence-electron chi connectivity index (χ1n) is 5.55. The van der Waals surface area contributed by atoms with Crippen LogP contribution >= 0.6 is 0 Å². The van der Waals surface area contributed by atoms with Crippen molar-refractivity contribution >= 4 is 0 Å². The summed E-state index contributed by atoms with van der Waals surface area (Å²) in [5.74, 6) is 0. The predicted molar refractivity (Wildman–Crippen MR) is 65.1 cm³/mol. The third-order valence-corrected chi connectivity index (χ3v) is 2.46. The van der Waals surface area contributed by atoms with Gasteiger partial charge in [-0.1, -0.05) is 12.1 Å². The molecular weight excluding hydrogens is 212 g/mol. The highest BCUT2D eigenvalue weighted by atomic mass is 15.3. The summed E-state index contributed by atoms with van der Waals surface area (Å²) in [6.45, 7) is 2.49. The van der Waals surface area contributed by atoms with E-state index < -0.39 is 0 Å². The lowest BCUT2D eigenvalue weighted by Gasteiger charge is -2.05. The highest BCUT2D eigenvalue weighted by Gasteiger charge is 1.95. The molecule has 1 aromatic heterocycles. The quantitative estimate of drug-likeness (QED) is 0.787. The number of nitrogens with one attached hydrogen (secondary N) is 1. The minimum Gasteiger partial charge on any atom is -0.311 e. The van der Waals surface area contributed by atoms with Crippen molar-refractivity contribution in [3.05, 3.63) is 53.9 Å². The van der Waals surface area contributed by atoms with Gasteiger partial charge < -0.3 is 5.32 Å². The van der Waals surface area contributed by atoms with Gasteiger partial charge in [0.05, 0.1) is 18.2 Å². The van der Waals surface area contributed by atoms with Crippen molar-refractivity contribution in [3.8, 4) is 6.07 Å². The summed E-state index contributed by atoms with van der Waals surface area (Å²) >= 11 is 0. The molecule has 0 radical (unpaired) electrons. The number of nitrogens with zero attached hydrogens (tertiary/aromatic N) is 3.